The van der Waals surface area contributed by atoms with E-state index in [1.165, 1.54) is 6.07 Å². The molecule has 0 radical (unpaired) electrons. The standard InChI is InChI=1S/C16H11Cl2N3O/c17-12-8-11(6-7-14(12)22)19-16-20-13(9-15(18)21-16)10-4-2-1-3-5-10/h1-9,22H,(H,19,20,21). The molecule has 0 fully saturated rings. The van der Waals surface area contributed by atoms with E-state index in [9.17, 15) is 5.11 Å². The maximum atomic E-state index is 9.43. The summed E-state index contributed by atoms with van der Waals surface area (Å²) in [6.45, 7) is 0. The third-order valence-corrected chi connectivity index (χ3v) is 3.46. The van der Waals surface area contributed by atoms with Crippen LogP contribution in [0, 0.1) is 0 Å². The number of hydrogen-bond donors (Lipinski definition) is 2. The Morgan fingerprint density at radius 1 is 0.909 bits per heavy atom. The number of halogens is 2. The lowest BCUT2D eigenvalue weighted by Crippen LogP contribution is -1.98. The van der Waals surface area contributed by atoms with Crippen LogP contribution < -0.4 is 5.32 Å². The first-order valence-electron chi connectivity index (χ1n) is 6.47. The van der Waals surface area contributed by atoms with Gasteiger partial charge in [0.25, 0.3) is 0 Å². The average molecular weight is 332 g/mol. The van der Waals surface area contributed by atoms with E-state index in [1.807, 2.05) is 30.3 Å². The Kier molecular flexibility index (Phi) is 4.13. The zero-order valence-corrected chi connectivity index (χ0v) is 12.8. The molecule has 0 aliphatic rings. The van der Waals surface area contributed by atoms with Gasteiger partial charge in [-0.15, -0.1) is 0 Å². The van der Waals surface area contributed by atoms with Crippen molar-refractivity contribution >= 4 is 34.8 Å². The molecule has 6 heteroatoms. The molecule has 1 heterocycles. The van der Waals surface area contributed by atoms with Gasteiger partial charge < -0.3 is 10.4 Å². The summed E-state index contributed by atoms with van der Waals surface area (Å²) in [4.78, 5) is 8.58. The van der Waals surface area contributed by atoms with Crippen LogP contribution in [0.1, 0.15) is 0 Å². The topological polar surface area (TPSA) is 58.0 Å². The molecule has 4 nitrogen and oxygen atoms in total. The summed E-state index contributed by atoms with van der Waals surface area (Å²) in [5.74, 6) is 0.373. The molecule has 0 aliphatic carbocycles. The minimum Gasteiger partial charge on any atom is -0.506 e. The van der Waals surface area contributed by atoms with Gasteiger partial charge in [-0.1, -0.05) is 53.5 Å². The Bertz CT molecular complexity index is 810. The fraction of sp³-hybridized carbons (Fsp3) is 0. The van der Waals surface area contributed by atoms with Crippen molar-refractivity contribution in [1.82, 2.24) is 9.97 Å². The smallest absolute Gasteiger partial charge is 0.229 e. The van der Waals surface area contributed by atoms with Gasteiger partial charge in [-0.05, 0) is 18.2 Å². The van der Waals surface area contributed by atoms with Gasteiger partial charge in [-0.25, -0.2) is 9.97 Å². The summed E-state index contributed by atoms with van der Waals surface area (Å²) in [6.07, 6.45) is 0. The predicted octanol–water partition coefficient (Wildman–Crippen LogP) is 4.90. The van der Waals surface area contributed by atoms with Crippen molar-refractivity contribution in [1.29, 1.82) is 0 Å². The molecule has 0 saturated carbocycles. The van der Waals surface area contributed by atoms with Crippen molar-refractivity contribution < 1.29 is 5.11 Å². The summed E-state index contributed by atoms with van der Waals surface area (Å²) in [6, 6.07) is 16.1. The minimum atomic E-state index is 0.0178. The van der Waals surface area contributed by atoms with Crippen molar-refractivity contribution in [2.45, 2.75) is 0 Å². The van der Waals surface area contributed by atoms with Crippen LogP contribution in [0.3, 0.4) is 0 Å². The van der Waals surface area contributed by atoms with Crippen LogP contribution in [-0.4, -0.2) is 15.1 Å². The number of hydrogen-bond acceptors (Lipinski definition) is 4. The van der Waals surface area contributed by atoms with Gasteiger partial charge in [0.2, 0.25) is 5.95 Å². The highest BCUT2D eigenvalue weighted by molar-refractivity contribution is 6.32. The molecule has 1 aromatic heterocycles. The Labute approximate surface area is 137 Å². The maximum absolute atomic E-state index is 9.43. The van der Waals surface area contributed by atoms with Gasteiger partial charge in [-0.3, -0.25) is 0 Å². The van der Waals surface area contributed by atoms with Crippen molar-refractivity contribution in [2.75, 3.05) is 5.32 Å². The monoisotopic (exact) mass is 331 g/mol. The number of anilines is 2. The third kappa shape index (κ3) is 3.30. The van der Waals surface area contributed by atoms with Crippen LogP contribution in [0.5, 0.6) is 5.75 Å². The quantitative estimate of drug-likeness (QED) is 0.529. The first kappa shape index (κ1) is 14.6. The highest BCUT2D eigenvalue weighted by Crippen LogP contribution is 2.28. The molecule has 22 heavy (non-hydrogen) atoms. The molecular weight excluding hydrogens is 321 g/mol. The van der Waals surface area contributed by atoms with Gasteiger partial charge in [0.15, 0.2) is 0 Å². The second-order valence-corrected chi connectivity index (χ2v) is 5.35. The highest BCUT2D eigenvalue weighted by atomic mass is 35.5. The normalized spacial score (nSPS) is 10.5. The Morgan fingerprint density at radius 3 is 2.41 bits per heavy atom. The van der Waals surface area contributed by atoms with Gasteiger partial charge in [-0.2, -0.15) is 0 Å². The number of nitrogens with one attached hydrogen (secondary N) is 1. The number of aromatic nitrogens is 2. The van der Waals surface area contributed by atoms with Crippen LogP contribution in [0.25, 0.3) is 11.3 Å². The molecule has 0 amide bonds. The van der Waals surface area contributed by atoms with E-state index in [-0.39, 0.29) is 10.8 Å². The van der Waals surface area contributed by atoms with E-state index in [4.69, 9.17) is 23.2 Å². The molecule has 0 unspecified atom stereocenters. The predicted molar refractivity (Wildman–Crippen MR) is 88.9 cm³/mol. The van der Waals surface area contributed by atoms with E-state index in [0.29, 0.717) is 22.5 Å². The Hall–Kier alpha value is -2.30. The number of rotatable bonds is 3. The molecular formula is C16H11Cl2N3O. The van der Waals surface area contributed by atoms with Crippen LogP contribution >= 0.6 is 23.2 Å². The van der Waals surface area contributed by atoms with E-state index < -0.39 is 0 Å². The molecule has 2 aromatic carbocycles. The fourth-order valence-electron chi connectivity index (χ4n) is 1.94. The van der Waals surface area contributed by atoms with Crippen molar-refractivity contribution in [3.63, 3.8) is 0 Å². The van der Waals surface area contributed by atoms with Crippen molar-refractivity contribution in [3.8, 4) is 17.0 Å². The van der Waals surface area contributed by atoms with Gasteiger partial charge in [0.1, 0.15) is 10.9 Å². The maximum Gasteiger partial charge on any atom is 0.229 e. The molecule has 2 N–H and O–H groups in total. The molecule has 3 rings (SSSR count). The van der Waals surface area contributed by atoms with E-state index in [2.05, 4.69) is 15.3 Å². The van der Waals surface area contributed by atoms with Gasteiger partial charge in [0, 0.05) is 17.3 Å². The zero-order valence-electron chi connectivity index (χ0n) is 11.3. The minimum absolute atomic E-state index is 0.0178. The first-order valence-corrected chi connectivity index (χ1v) is 7.23. The van der Waals surface area contributed by atoms with Crippen molar-refractivity contribution in [3.05, 3.63) is 64.8 Å². The molecule has 0 atom stereocenters. The average Bonchev–Trinajstić information content (AvgIpc) is 2.51. The molecule has 3 aromatic rings. The largest absolute Gasteiger partial charge is 0.506 e. The summed E-state index contributed by atoms with van der Waals surface area (Å²) in [5, 5.41) is 13.0. The summed E-state index contributed by atoms with van der Waals surface area (Å²) in [5.41, 5.74) is 2.32. The van der Waals surface area contributed by atoms with Crippen LogP contribution in [0.15, 0.2) is 54.6 Å². The van der Waals surface area contributed by atoms with E-state index in [1.54, 1.807) is 18.2 Å². The van der Waals surface area contributed by atoms with Gasteiger partial charge in [0.05, 0.1) is 10.7 Å². The number of aromatic hydroxyl groups is 1. The number of benzene rings is 2. The van der Waals surface area contributed by atoms with Crippen LogP contribution in [0.2, 0.25) is 10.2 Å². The van der Waals surface area contributed by atoms with E-state index in [0.717, 1.165) is 5.56 Å². The number of nitrogens with zero attached hydrogens (tertiary/aromatic N) is 2. The first-order chi connectivity index (χ1) is 10.6. The van der Waals surface area contributed by atoms with Crippen LogP contribution in [0.4, 0.5) is 11.6 Å². The second-order valence-electron chi connectivity index (χ2n) is 4.56. The van der Waals surface area contributed by atoms with E-state index >= 15 is 0 Å². The summed E-state index contributed by atoms with van der Waals surface area (Å²) < 4.78 is 0. The lowest BCUT2D eigenvalue weighted by Gasteiger charge is -2.08. The molecule has 0 bridgehead atoms. The molecule has 0 spiro atoms. The number of phenolic OH excluding ortho intramolecular Hbond substituents is 1. The van der Waals surface area contributed by atoms with Crippen LogP contribution in [-0.2, 0) is 0 Å². The number of phenols is 1. The third-order valence-electron chi connectivity index (χ3n) is 2.97. The zero-order chi connectivity index (χ0) is 15.5. The van der Waals surface area contributed by atoms with Crippen molar-refractivity contribution in [2.24, 2.45) is 0 Å². The fourth-order valence-corrected chi connectivity index (χ4v) is 2.31. The lowest BCUT2D eigenvalue weighted by atomic mass is 10.1. The summed E-state index contributed by atoms with van der Waals surface area (Å²) in [7, 11) is 0. The molecule has 0 aliphatic heterocycles. The molecule has 0 saturated heterocycles. The Balaban J connectivity index is 1.94. The molecule has 110 valence electrons. The van der Waals surface area contributed by atoms with Gasteiger partial charge >= 0.3 is 0 Å². The second kappa shape index (κ2) is 6.22. The Morgan fingerprint density at radius 2 is 1.68 bits per heavy atom. The SMILES string of the molecule is Oc1ccc(Nc2nc(Cl)cc(-c3ccccc3)n2)cc1Cl. The summed E-state index contributed by atoms with van der Waals surface area (Å²) >= 11 is 11.9. The lowest BCUT2D eigenvalue weighted by molar-refractivity contribution is 0.475. The highest BCUT2D eigenvalue weighted by Gasteiger charge is 2.07.